The molecule has 0 aromatic carbocycles. The third-order valence-corrected chi connectivity index (χ3v) is 2.15. The van der Waals surface area contributed by atoms with Crippen molar-refractivity contribution < 1.29 is 9.18 Å². The van der Waals surface area contributed by atoms with Gasteiger partial charge in [-0.15, -0.1) is 0 Å². The van der Waals surface area contributed by atoms with Crippen LogP contribution in [0.25, 0.3) is 0 Å². The van der Waals surface area contributed by atoms with Gasteiger partial charge in [0, 0.05) is 12.7 Å². The lowest BCUT2D eigenvalue weighted by molar-refractivity contribution is 0.0949. The van der Waals surface area contributed by atoms with E-state index in [2.05, 4.69) is 31.1 Å². The molecule has 4 heteroatoms. The van der Waals surface area contributed by atoms with E-state index in [0.29, 0.717) is 12.1 Å². The largest absolute Gasteiger partial charge is 0.352 e. The maximum absolute atomic E-state index is 12.5. The topological polar surface area (TPSA) is 42.0 Å². The van der Waals surface area contributed by atoms with Crippen LogP contribution in [0.1, 0.15) is 37.6 Å². The van der Waals surface area contributed by atoms with Gasteiger partial charge in [-0.25, -0.2) is 4.98 Å². The maximum atomic E-state index is 12.5. The molecule has 0 aliphatic rings. The van der Waals surface area contributed by atoms with Crippen molar-refractivity contribution in [1.29, 1.82) is 0 Å². The molecule has 0 unspecified atom stereocenters. The van der Waals surface area contributed by atoms with E-state index in [4.69, 9.17) is 0 Å². The first kappa shape index (κ1) is 12.6. The molecule has 0 radical (unpaired) electrons. The Morgan fingerprint density at radius 1 is 1.44 bits per heavy atom. The summed E-state index contributed by atoms with van der Waals surface area (Å²) in [4.78, 5) is 15.0. The van der Waals surface area contributed by atoms with E-state index in [1.54, 1.807) is 0 Å². The molecule has 0 aliphatic carbocycles. The summed E-state index contributed by atoms with van der Waals surface area (Å²) in [6.45, 7) is 6.94. The molecule has 0 aliphatic heterocycles. The van der Waals surface area contributed by atoms with Crippen LogP contribution in [0.2, 0.25) is 0 Å². The van der Waals surface area contributed by atoms with Gasteiger partial charge in [0.15, 0.2) is 0 Å². The number of hydrogen-bond acceptors (Lipinski definition) is 2. The van der Waals surface area contributed by atoms with Gasteiger partial charge < -0.3 is 5.32 Å². The van der Waals surface area contributed by atoms with Gasteiger partial charge in [0.05, 0.1) is 5.56 Å². The molecule has 1 heterocycles. The fourth-order valence-corrected chi connectivity index (χ4v) is 1.16. The summed E-state index contributed by atoms with van der Waals surface area (Å²) in [5, 5.41) is 2.77. The molecule has 1 amide bonds. The lowest BCUT2D eigenvalue weighted by Crippen LogP contribution is -2.27. The zero-order chi connectivity index (χ0) is 12.2. The third-order valence-electron chi connectivity index (χ3n) is 2.15. The van der Waals surface area contributed by atoms with Gasteiger partial charge in [-0.2, -0.15) is 4.39 Å². The van der Waals surface area contributed by atoms with Crippen LogP contribution in [0.5, 0.6) is 0 Å². The lowest BCUT2D eigenvalue weighted by Gasteiger charge is -2.17. The second-order valence-electron chi connectivity index (χ2n) is 4.94. The molecule has 1 aromatic heterocycles. The molecule has 0 saturated heterocycles. The number of halogens is 1. The number of aromatic nitrogens is 1. The Morgan fingerprint density at radius 2 is 2.12 bits per heavy atom. The molecule has 3 nitrogen and oxygen atoms in total. The average Bonchev–Trinajstić information content (AvgIpc) is 2.16. The highest BCUT2D eigenvalue weighted by Crippen LogP contribution is 2.16. The maximum Gasteiger partial charge on any atom is 0.252 e. The van der Waals surface area contributed by atoms with Crippen molar-refractivity contribution in [2.45, 2.75) is 27.2 Å². The molecule has 0 fully saturated rings. The van der Waals surface area contributed by atoms with Crippen LogP contribution in [0, 0.1) is 11.4 Å². The molecule has 0 bridgehead atoms. The smallest absolute Gasteiger partial charge is 0.252 e. The van der Waals surface area contributed by atoms with E-state index in [1.807, 2.05) is 0 Å². The molecule has 0 saturated carbocycles. The first-order chi connectivity index (χ1) is 7.38. The summed E-state index contributed by atoms with van der Waals surface area (Å²) in [6.07, 6.45) is 2.13. The van der Waals surface area contributed by atoms with Crippen molar-refractivity contribution in [3.05, 3.63) is 29.8 Å². The molecular formula is C12H17FN2O. The molecule has 0 spiro atoms. The second-order valence-corrected chi connectivity index (χ2v) is 4.94. The fourth-order valence-electron chi connectivity index (χ4n) is 1.16. The highest BCUT2D eigenvalue weighted by molar-refractivity contribution is 5.93. The lowest BCUT2D eigenvalue weighted by atomic mass is 9.92. The van der Waals surface area contributed by atoms with Gasteiger partial charge in [-0.05, 0) is 24.0 Å². The number of amides is 1. The first-order valence-electron chi connectivity index (χ1n) is 5.28. The normalized spacial score (nSPS) is 11.2. The molecular weight excluding hydrogens is 207 g/mol. The number of pyridine rings is 1. The van der Waals surface area contributed by atoms with Crippen LogP contribution in [0.4, 0.5) is 4.39 Å². The van der Waals surface area contributed by atoms with Crippen LogP contribution in [-0.2, 0) is 0 Å². The van der Waals surface area contributed by atoms with Crippen LogP contribution < -0.4 is 5.32 Å². The average molecular weight is 224 g/mol. The first-order valence-corrected chi connectivity index (χ1v) is 5.28. The predicted octanol–water partition coefficient (Wildman–Crippen LogP) is 2.39. The SMILES string of the molecule is CC(C)(C)CCNC(=O)c1ccc(F)nc1. The van der Waals surface area contributed by atoms with Gasteiger partial charge in [0.1, 0.15) is 0 Å². The Bertz CT molecular complexity index is 354. The number of rotatable bonds is 3. The summed E-state index contributed by atoms with van der Waals surface area (Å²) in [5.74, 6) is -0.789. The Labute approximate surface area is 95.1 Å². The zero-order valence-corrected chi connectivity index (χ0v) is 9.88. The number of nitrogens with zero attached hydrogens (tertiary/aromatic N) is 1. The Kier molecular flexibility index (Phi) is 3.99. The summed E-state index contributed by atoms with van der Waals surface area (Å²) < 4.78 is 12.5. The summed E-state index contributed by atoms with van der Waals surface area (Å²) in [7, 11) is 0. The van der Waals surface area contributed by atoms with Crippen molar-refractivity contribution in [2.24, 2.45) is 5.41 Å². The van der Waals surface area contributed by atoms with Crippen LogP contribution in [0.3, 0.4) is 0 Å². The van der Waals surface area contributed by atoms with E-state index in [0.717, 1.165) is 6.42 Å². The number of carbonyl (C=O) groups is 1. The number of carbonyl (C=O) groups excluding carboxylic acids is 1. The molecule has 1 N–H and O–H groups in total. The number of nitrogens with one attached hydrogen (secondary N) is 1. The van der Waals surface area contributed by atoms with E-state index in [9.17, 15) is 9.18 Å². The van der Waals surface area contributed by atoms with Crippen molar-refractivity contribution in [2.75, 3.05) is 6.54 Å². The Hall–Kier alpha value is -1.45. The van der Waals surface area contributed by atoms with E-state index >= 15 is 0 Å². The molecule has 88 valence electrons. The minimum Gasteiger partial charge on any atom is -0.352 e. The highest BCUT2D eigenvalue weighted by atomic mass is 19.1. The van der Waals surface area contributed by atoms with Gasteiger partial charge in [0.2, 0.25) is 5.95 Å². The summed E-state index contributed by atoms with van der Waals surface area (Å²) in [5.41, 5.74) is 0.573. The fraction of sp³-hybridized carbons (Fsp3) is 0.500. The Balaban J connectivity index is 2.44. The third kappa shape index (κ3) is 4.38. The minimum atomic E-state index is -0.578. The van der Waals surface area contributed by atoms with Gasteiger partial charge in [-0.1, -0.05) is 20.8 Å². The zero-order valence-electron chi connectivity index (χ0n) is 9.88. The van der Waals surface area contributed by atoms with Gasteiger partial charge in [0.25, 0.3) is 5.91 Å². The monoisotopic (exact) mass is 224 g/mol. The second kappa shape index (κ2) is 5.05. The highest BCUT2D eigenvalue weighted by Gasteiger charge is 2.11. The summed E-state index contributed by atoms with van der Waals surface area (Å²) >= 11 is 0. The van der Waals surface area contributed by atoms with Crippen molar-refractivity contribution in [3.63, 3.8) is 0 Å². The van der Waals surface area contributed by atoms with E-state index in [1.165, 1.54) is 18.3 Å². The van der Waals surface area contributed by atoms with Crippen molar-refractivity contribution in [3.8, 4) is 0 Å². The van der Waals surface area contributed by atoms with Crippen molar-refractivity contribution >= 4 is 5.91 Å². The van der Waals surface area contributed by atoms with Gasteiger partial charge >= 0.3 is 0 Å². The summed E-state index contributed by atoms with van der Waals surface area (Å²) in [6, 6.07) is 2.60. The van der Waals surface area contributed by atoms with Crippen LogP contribution >= 0.6 is 0 Å². The standard InChI is InChI=1S/C12H17FN2O/c1-12(2,3)6-7-14-11(16)9-4-5-10(13)15-8-9/h4-5,8H,6-7H2,1-3H3,(H,14,16). The molecule has 16 heavy (non-hydrogen) atoms. The van der Waals surface area contributed by atoms with E-state index < -0.39 is 5.95 Å². The number of hydrogen-bond donors (Lipinski definition) is 1. The molecule has 1 rings (SSSR count). The van der Waals surface area contributed by atoms with E-state index in [-0.39, 0.29) is 11.3 Å². The van der Waals surface area contributed by atoms with Crippen molar-refractivity contribution in [1.82, 2.24) is 10.3 Å². The van der Waals surface area contributed by atoms with Crippen LogP contribution in [-0.4, -0.2) is 17.4 Å². The minimum absolute atomic E-state index is 0.189. The molecule has 1 aromatic rings. The predicted molar refractivity (Wildman–Crippen MR) is 60.6 cm³/mol. The quantitative estimate of drug-likeness (QED) is 0.801. The Morgan fingerprint density at radius 3 is 2.62 bits per heavy atom. The molecule has 0 atom stereocenters. The van der Waals surface area contributed by atoms with Gasteiger partial charge in [-0.3, -0.25) is 4.79 Å². The van der Waals surface area contributed by atoms with Crippen LogP contribution in [0.15, 0.2) is 18.3 Å².